The maximum atomic E-state index is 11.4. The summed E-state index contributed by atoms with van der Waals surface area (Å²) in [5.41, 5.74) is 0. The van der Waals surface area contributed by atoms with Gasteiger partial charge in [0, 0.05) is 66.0 Å². The number of carbonyl (C=O) groups is 3. The highest BCUT2D eigenvalue weighted by atomic mass is 16.5. The van der Waals surface area contributed by atoms with Crippen LogP contribution in [0.15, 0.2) is 0 Å². The van der Waals surface area contributed by atoms with Gasteiger partial charge in [0.15, 0.2) is 0 Å². The molecule has 11 heteroatoms. The van der Waals surface area contributed by atoms with E-state index in [1.807, 2.05) is 9.80 Å². The van der Waals surface area contributed by atoms with Gasteiger partial charge in [-0.25, -0.2) is 0 Å². The van der Waals surface area contributed by atoms with E-state index in [4.69, 9.17) is 4.74 Å². The number of ether oxygens (including phenoxy) is 1. The molecule has 0 aromatic rings. The number of hydrogen-bond donors (Lipinski definition) is 3. The molecular formula is C22H40N4O7. The number of carboxylic acid groups (broad SMARTS) is 3. The summed E-state index contributed by atoms with van der Waals surface area (Å²) in [6, 6.07) is 0. The highest BCUT2D eigenvalue weighted by Gasteiger charge is 2.25. The normalized spacial score (nSPS) is 25.7. The highest BCUT2D eigenvalue weighted by molar-refractivity contribution is 5.69. The SMILES string of the molecule is COC1CCCC(CN2CCN(CC(=O)O)CCN(CC(=O)O)CCN(CC(=O)O)CC2)C1. The molecule has 2 aliphatic rings. The molecule has 190 valence electrons. The number of aliphatic carboxylic acids is 3. The first-order valence-electron chi connectivity index (χ1n) is 11.8. The number of carboxylic acids is 3. The van der Waals surface area contributed by atoms with E-state index in [2.05, 4.69) is 4.90 Å². The van der Waals surface area contributed by atoms with Gasteiger partial charge in [0.1, 0.15) is 0 Å². The van der Waals surface area contributed by atoms with Crippen molar-refractivity contribution in [2.24, 2.45) is 5.92 Å². The predicted octanol–water partition coefficient (Wildman–Crippen LogP) is -0.333. The molecule has 0 aromatic heterocycles. The first-order valence-corrected chi connectivity index (χ1v) is 11.8. The fourth-order valence-corrected chi connectivity index (χ4v) is 4.80. The van der Waals surface area contributed by atoms with Crippen LogP contribution in [0, 0.1) is 5.92 Å². The number of rotatable bonds is 9. The first kappa shape index (κ1) is 27.5. The van der Waals surface area contributed by atoms with Gasteiger partial charge in [0.2, 0.25) is 0 Å². The second-order valence-electron chi connectivity index (χ2n) is 9.20. The van der Waals surface area contributed by atoms with Crippen LogP contribution in [-0.2, 0) is 19.1 Å². The summed E-state index contributed by atoms with van der Waals surface area (Å²) in [5.74, 6) is -2.25. The molecule has 0 aromatic carbocycles. The van der Waals surface area contributed by atoms with Crippen molar-refractivity contribution in [2.45, 2.75) is 31.8 Å². The summed E-state index contributed by atoms with van der Waals surface area (Å²) in [5, 5.41) is 27.9. The molecule has 2 fully saturated rings. The third kappa shape index (κ3) is 11.3. The Morgan fingerprint density at radius 3 is 1.45 bits per heavy atom. The summed E-state index contributed by atoms with van der Waals surface area (Å²) in [6.45, 7) is 4.76. The van der Waals surface area contributed by atoms with Gasteiger partial charge < -0.3 is 25.0 Å². The number of hydrogen-bond acceptors (Lipinski definition) is 8. The van der Waals surface area contributed by atoms with E-state index in [0.29, 0.717) is 58.3 Å². The highest BCUT2D eigenvalue weighted by Crippen LogP contribution is 2.26. The summed E-state index contributed by atoms with van der Waals surface area (Å²) in [4.78, 5) is 41.8. The fourth-order valence-electron chi connectivity index (χ4n) is 4.80. The molecular weight excluding hydrogens is 432 g/mol. The van der Waals surface area contributed by atoms with Crippen LogP contribution in [0.4, 0.5) is 0 Å². The third-order valence-corrected chi connectivity index (χ3v) is 6.59. The molecule has 1 aliphatic heterocycles. The van der Waals surface area contributed by atoms with Crippen molar-refractivity contribution in [2.75, 3.05) is 85.6 Å². The molecule has 1 aliphatic carbocycles. The van der Waals surface area contributed by atoms with Crippen molar-refractivity contribution < 1.29 is 34.4 Å². The minimum Gasteiger partial charge on any atom is -0.480 e. The molecule has 0 amide bonds. The Kier molecular flexibility index (Phi) is 12.0. The maximum absolute atomic E-state index is 11.4. The van der Waals surface area contributed by atoms with Gasteiger partial charge in [-0.2, -0.15) is 0 Å². The van der Waals surface area contributed by atoms with Gasteiger partial charge in [0.25, 0.3) is 0 Å². The Bertz CT molecular complexity index is 604. The first-order chi connectivity index (χ1) is 15.7. The lowest BCUT2D eigenvalue weighted by Gasteiger charge is -2.36. The van der Waals surface area contributed by atoms with Crippen molar-refractivity contribution >= 4 is 17.9 Å². The van der Waals surface area contributed by atoms with Crippen LogP contribution in [0.1, 0.15) is 25.7 Å². The van der Waals surface area contributed by atoms with Crippen LogP contribution < -0.4 is 0 Å². The zero-order valence-corrected chi connectivity index (χ0v) is 19.7. The molecule has 2 unspecified atom stereocenters. The Morgan fingerprint density at radius 1 is 0.697 bits per heavy atom. The largest absolute Gasteiger partial charge is 0.480 e. The fraction of sp³-hybridized carbons (Fsp3) is 0.864. The van der Waals surface area contributed by atoms with Gasteiger partial charge in [-0.15, -0.1) is 0 Å². The van der Waals surface area contributed by atoms with Gasteiger partial charge in [-0.3, -0.25) is 29.1 Å². The molecule has 0 bridgehead atoms. The van der Waals surface area contributed by atoms with Crippen LogP contribution in [0.2, 0.25) is 0 Å². The third-order valence-electron chi connectivity index (χ3n) is 6.59. The van der Waals surface area contributed by atoms with E-state index in [9.17, 15) is 29.7 Å². The lowest BCUT2D eigenvalue weighted by Crippen LogP contribution is -2.49. The monoisotopic (exact) mass is 472 g/mol. The minimum atomic E-state index is -0.954. The molecule has 1 heterocycles. The standard InChI is InChI=1S/C22H40N4O7/c1-33-19-4-2-3-18(13-19)14-23-5-7-24(15-20(27)28)9-11-26(17-22(31)32)12-10-25(8-6-23)16-21(29)30/h18-19H,2-17H2,1H3,(H,27,28)(H,29,30)(H,31,32). The van der Waals surface area contributed by atoms with Crippen LogP contribution >= 0.6 is 0 Å². The Labute approximate surface area is 195 Å². The van der Waals surface area contributed by atoms with E-state index in [-0.39, 0.29) is 25.7 Å². The van der Waals surface area contributed by atoms with Crippen molar-refractivity contribution in [3.63, 3.8) is 0 Å². The smallest absolute Gasteiger partial charge is 0.317 e. The summed E-state index contributed by atoms with van der Waals surface area (Å²) >= 11 is 0. The van der Waals surface area contributed by atoms with Gasteiger partial charge in [-0.05, 0) is 25.2 Å². The van der Waals surface area contributed by atoms with Crippen LogP contribution in [0.25, 0.3) is 0 Å². The zero-order chi connectivity index (χ0) is 24.2. The van der Waals surface area contributed by atoms with E-state index in [0.717, 1.165) is 32.2 Å². The second kappa shape index (κ2) is 14.5. The predicted molar refractivity (Wildman–Crippen MR) is 121 cm³/mol. The van der Waals surface area contributed by atoms with E-state index in [1.165, 1.54) is 0 Å². The second-order valence-corrected chi connectivity index (χ2v) is 9.20. The number of methoxy groups -OCH3 is 1. The van der Waals surface area contributed by atoms with Crippen molar-refractivity contribution in [3.8, 4) is 0 Å². The van der Waals surface area contributed by atoms with Gasteiger partial charge in [0.05, 0.1) is 25.7 Å². The summed E-state index contributed by atoms with van der Waals surface area (Å²) in [6.07, 6.45) is 4.64. The average Bonchev–Trinajstić information content (AvgIpc) is 2.74. The molecule has 3 N–H and O–H groups in total. The Hall–Kier alpha value is -1.79. The van der Waals surface area contributed by atoms with Crippen LogP contribution in [-0.4, -0.2) is 145 Å². The summed E-state index contributed by atoms with van der Waals surface area (Å²) < 4.78 is 5.57. The molecule has 0 spiro atoms. The minimum absolute atomic E-state index is 0.0882. The molecule has 0 radical (unpaired) electrons. The van der Waals surface area contributed by atoms with Crippen molar-refractivity contribution in [1.29, 1.82) is 0 Å². The number of nitrogens with zero attached hydrogens (tertiary/aromatic N) is 4. The van der Waals surface area contributed by atoms with Crippen molar-refractivity contribution in [3.05, 3.63) is 0 Å². The zero-order valence-electron chi connectivity index (χ0n) is 19.7. The lowest BCUT2D eigenvalue weighted by atomic mass is 9.87. The van der Waals surface area contributed by atoms with Crippen molar-refractivity contribution in [1.82, 2.24) is 19.6 Å². The molecule has 1 saturated heterocycles. The van der Waals surface area contributed by atoms with Crippen LogP contribution in [0.3, 0.4) is 0 Å². The summed E-state index contributed by atoms with van der Waals surface area (Å²) in [7, 11) is 1.75. The Morgan fingerprint density at radius 2 is 1.09 bits per heavy atom. The van der Waals surface area contributed by atoms with Crippen LogP contribution in [0.5, 0.6) is 0 Å². The molecule has 11 nitrogen and oxygen atoms in total. The van der Waals surface area contributed by atoms with Gasteiger partial charge >= 0.3 is 17.9 Å². The topological polar surface area (TPSA) is 134 Å². The van der Waals surface area contributed by atoms with E-state index >= 15 is 0 Å². The molecule has 33 heavy (non-hydrogen) atoms. The maximum Gasteiger partial charge on any atom is 0.317 e. The quantitative estimate of drug-likeness (QED) is 0.407. The average molecular weight is 473 g/mol. The lowest BCUT2D eigenvalue weighted by molar-refractivity contribution is -0.140. The van der Waals surface area contributed by atoms with E-state index in [1.54, 1.807) is 12.0 Å². The molecule has 2 atom stereocenters. The molecule has 1 saturated carbocycles. The Balaban J connectivity index is 2.09. The van der Waals surface area contributed by atoms with Gasteiger partial charge in [-0.1, -0.05) is 6.42 Å². The molecule has 2 rings (SSSR count). The van der Waals surface area contributed by atoms with E-state index < -0.39 is 17.9 Å².